The molecule has 0 spiro atoms. The van der Waals surface area contributed by atoms with Gasteiger partial charge in [0.15, 0.2) is 0 Å². The molecule has 0 N–H and O–H groups in total. The van der Waals surface area contributed by atoms with Crippen LogP contribution in [0.4, 0.5) is 0 Å². The SMILES string of the molecule is CCOC(=O)CC(C)OP(=O)(C=[N+]=[N-])OCC. The average molecular weight is 264 g/mol. The Morgan fingerprint density at radius 3 is 2.59 bits per heavy atom. The Morgan fingerprint density at radius 1 is 1.47 bits per heavy atom. The van der Waals surface area contributed by atoms with Gasteiger partial charge in [0.2, 0.25) is 0 Å². The molecule has 2 atom stereocenters. The van der Waals surface area contributed by atoms with Gasteiger partial charge in [0.1, 0.15) is 0 Å². The molecule has 7 nitrogen and oxygen atoms in total. The predicted octanol–water partition coefficient (Wildman–Crippen LogP) is 1.83. The van der Waals surface area contributed by atoms with Crippen molar-refractivity contribution in [2.75, 3.05) is 13.2 Å². The Morgan fingerprint density at radius 2 is 2.12 bits per heavy atom. The van der Waals surface area contributed by atoms with E-state index in [9.17, 15) is 9.36 Å². The van der Waals surface area contributed by atoms with Gasteiger partial charge in [-0.15, -0.1) is 0 Å². The van der Waals surface area contributed by atoms with Gasteiger partial charge in [0.25, 0.3) is 0 Å². The van der Waals surface area contributed by atoms with Gasteiger partial charge in [0.05, 0.1) is 25.7 Å². The van der Waals surface area contributed by atoms with E-state index in [1.165, 1.54) is 0 Å². The molecule has 0 rings (SSSR count). The van der Waals surface area contributed by atoms with E-state index in [0.717, 1.165) is 0 Å². The molecule has 0 aliphatic heterocycles. The molecule has 0 radical (unpaired) electrons. The fourth-order valence-corrected chi connectivity index (χ4v) is 2.32. The molecule has 0 aromatic heterocycles. The zero-order valence-electron chi connectivity index (χ0n) is 10.2. The summed E-state index contributed by atoms with van der Waals surface area (Å²) in [5.41, 5.74) is 8.35. The van der Waals surface area contributed by atoms with Crippen LogP contribution in [0, 0.1) is 0 Å². The summed E-state index contributed by atoms with van der Waals surface area (Å²) in [5, 5.41) is 0. The minimum atomic E-state index is -3.60. The van der Waals surface area contributed by atoms with Gasteiger partial charge in [-0.25, -0.2) is 4.57 Å². The van der Waals surface area contributed by atoms with Gasteiger partial charge in [0, 0.05) is 0 Å². The van der Waals surface area contributed by atoms with Crippen molar-refractivity contribution in [1.82, 2.24) is 0 Å². The van der Waals surface area contributed by atoms with Gasteiger partial charge >= 0.3 is 19.5 Å². The summed E-state index contributed by atoms with van der Waals surface area (Å²) < 4.78 is 26.5. The molecule has 2 unspecified atom stereocenters. The zero-order chi connectivity index (χ0) is 13.3. The number of carbonyl (C=O) groups excluding carboxylic acids is 1. The number of hydrogen-bond donors (Lipinski definition) is 0. The molecule has 0 bridgehead atoms. The first-order valence-corrected chi connectivity index (χ1v) is 6.85. The van der Waals surface area contributed by atoms with Crippen molar-refractivity contribution >= 4 is 19.5 Å². The second-order valence-corrected chi connectivity index (χ2v) is 4.89. The maximum atomic E-state index is 11.9. The molecular weight excluding hydrogens is 247 g/mol. The molecule has 0 aliphatic rings. The molecule has 0 heterocycles. The van der Waals surface area contributed by atoms with E-state index in [4.69, 9.17) is 19.3 Å². The largest absolute Gasteiger partial charge is 0.466 e. The monoisotopic (exact) mass is 264 g/mol. The van der Waals surface area contributed by atoms with Crippen molar-refractivity contribution in [2.45, 2.75) is 33.3 Å². The average Bonchev–Trinajstić information content (AvgIpc) is 2.17. The van der Waals surface area contributed by atoms with Crippen LogP contribution in [-0.2, 0) is 23.1 Å². The Kier molecular flexibility index (Phi) is 7.66. The van der Waals surface area contributed by atoms with Crippen LogP contribution in [-0.4, -0.2) is 36.0 Å². The van der Waals surface area contributed by atoms with E-state index >= 15 is 0 Å². The Labute approximate surface area is 100 Å². The predicted molar refractivity (Wildman–Crippen MR) is 60.7 cm³/mol. The third-order valence-electron chi connectivity index (χ3n) is 1.59. The van der Waals surface area contributed by atoms with Crippen LogP contribution in [0.1, 0.15) is 27.2 Å². The quantitative estimate of drug-likeness (QED) is 0.219. The number of esters is 1. The molecule has 0 aromatic carbocycles. The number of nitrogens with zero attached hydrogens (tertiary/aromatic N) is 2. The summed E-state index contributed by atoms with van der Waals surface area (Å²) in [6.45, 7) is 5.26. The van der Waals surface area contributed by atoms with Gasteiger partial charge in [-0.2, -0.15) is 4.79 Å². The summed E-state index contributed by atoms with van der Waals surface area (Å²) >= 11 is 0. The lowest BCUT2D eigenvalue weighted by Gasteiger charge is -2.15. The summed E-state index contributed by atoms with van der Waals surface area (Å²) in [5.74, 6) is 0.238. The van der Waals surface area contributed by atoms with Crippen LogP contribution < -0.4 is 0 Å². The second kappa shape index (κ2) is 8.14. The smallest absolute Gasteiger partial charge is 0.434 e. The molecule has 0 saturated heterocycles. The highest BCUT2D eigenvalue weighted by molar-refractivity contribution is 7.69. The molecule has 0 fully saturated rings. The lowest BCUT2D eigenvalue weighted by atomic mass is 10.3. The summed E-state index contributed by atoms with van der Waals surface area (Å²) in [6.07, 6.45) is -0.714. The topological polar surface area (TPSA) is 98.2 Å². The molecule has 0 aliphatic carbocycles. The van der Waals surface area contributed by atoms with Crippen molar-refractivity contribution < 1.29 is 27.9 Å². The van der Waals surface area contributed by atoms with Crippen LogP contribution in [0.15, 0.2) is 0 Å². The van der Waals surface area contributed by atoms with Crippen molar-refractivity contribution in [1.29, 1.82) is 0 Å². The van der Waals surface area contributed by atoms with E-state index in [-0.39, 0.29) is 19.6 Å². The lowest BCUT2D eigenvalue weighted by Crippen LogP contribution is -2.16. The normalized spacial score (nSPS) is 15.5. The number of hydrogen-bond acceptors (Lipinski definition) is 5. The van der Waals surface area contributed by atoms with Crippen LogP contribution in [0.5, 0.6) is 0 Å². The molecule has 17 heavy (non-hydrogen) atoms. The van der Waals surface area contributed by atoms with Crippen LogP contribution in [0.2, 0.25) is 0 Å². The third-order valence-corrected chi connectivity index (χ3v) is 3.25. The first-order valence-electron chi connectivity index (χ1n) is 5.24. The maximum Gasteiger partial charge on any atom is 0.434 e. The number of carbonyl (C=O) groups is 1. The fraction of sp³-hybridized carbons (Fsp3) is 0.778. The minimum Gasteiger partial charge on any atom is -0.466 e. The van der Waals surface area contributed by atoms with Crippen molar-refractivity contribution in [3.05, 3.63) is 5.53 Å². The van der Waals surface area contributed by atoms with Gasteiger partial charge in [-0.1, -0.05) is 0 Å². The van der Waals surface area contributed by atoms with Crippen molar-refractivity contribution in [3.63, 3.8) is 0 Å². The van der Waals surface area contributed by atoms with E-state index in [1.807, 2.05) is 0 Å². The molecule has 98 valence electrons. The van der Waals surface area contributed by atoms with Gasteiger partial charge in [-0.3, -0.25) is 9.32 Å². The Bertz CT molecular complexity index is 340. The van der Waals surface area contributed by atoms with Gasteiger partial charge in [-0.05, 0) is 20.8 Å². The second-order valence-electron chi connectivity index (χ2n) is 3.11. The standard InChI is InChI=1S/C9H17N2O5P/c1-4-14-9(12)6-8(3)16-17(13,7-11-10)15-5-2/h7-8H,4-6H2,1-3H3. The fourth-order valence-electron chi connectivity index (χ4n) is 1.08. The van der Waals surface area contributed by atoms with E-state index in [1.54, 1.807) is 20.8 Å². The van der Waals surface area contributed by atoms with E-state index in [0.29, 0.717) is 5.96 Å². The molecule has 0 aromatic rings. The van der Waals surface area contributed by atoms with Gasteiger partial charge < -0.3 is 14.8 Å². The summed E-state index contributed by atoms with van der Waals surface area (Å²) in [4.78, 5) is 13.8. The van der Waals surface area contributed by atoms with Crippen molar-refractivity contribution in [3.8, 4) is 0 Å². The first-order chi connectivity index (χ1) is 7.97. The summed E-state index contributed by atoms with van der Waals surface area (Å²) in [6, 6.07) is 0. The highest BCUT2D eigenvalue weighted by Crippen LogP contribution is 2.46. The number of rotatable bonds is 8. The maximum absolute atomic E-state index is 11.9. The van der Waals surface area contributed by atoms with Crippen LogP contribution in [0.25, 0.3) is 5.53 Å². The molecule has 8 heteroatoms. The minimum absolute atomic E-state index is 0.0514. The molecular formula is C9H17N2O5P. The number of ether oxygens (including phenoxy) is 1. The Hall–Kier alpha value is -1.00. The van der Waals surface area contributed by atoms with Crippen molar-refractivity contribution in [2.24, 2.45) is 0 Å². The van der Waals surface area contributed by atoms with Crippen LogP contribution in [0.3, 0.4) is 0 Å². The first kappa shape index (κ1) is 16.0. The van der Waals surface area contributed by atoms with Crippen LogP contribution >= 0.6 is 7.60 Å². The highest BCUT2D eigenvalue weighted by Gasteiger charge is 2.30. The zero-order valence-corrected chi connectivity index (χ0v) is 11.1. The lowest BCUT2D eigenvalue weighted by molar-refractivity contribution is -0.144. The van der Waals surface area contributed by atoms with E-state index < -0.39 is 19.7 Å². The molecule has 0 amide bonds. The summed E-state index contributed by atoms with van der Waals surface area (Å²) in [7, 11) is -3.60. The highest BCUT2D eigenvalue weighted by atomic mass is 31.2. The van der Waals surface area contributed by atoms with E-state index in [2.05, 4.69) is 4.79 Å². The Balaban J connectivity index is 4.41. The third kappa shape index (κ3) is 7.02. The molecule has 0 saturated carbocycles.